The van der Waals surface area contributed by atoms with Crippen molar-refractivity contribution in [1.29, 1.82) is 0 Å². The van der Waals surface area contributed by atoms with E-state index in [2.05, 4.69) is 43.3 Å². The molecule has 2 aromatic carbocycles. The van der Waals surface area contributed by atoms with Crippen molar-refractivity contribution in [2.45, 2.75) is 90.8 Å². The number of aryl methyl sites for hydroxylation is 1. The summed E-state index contributed by atoms with van der Waals surface area (Å²) < 4.78 is 12.6. The van der Waals surface area contributed by atoms with Gasteiger partial charge in [-0.2, -0.15) is 0 Å². The summed E-state index contributed by atoms with van der Waals surface area (Å²) in [7, 11) is 0. The molecule has 0 aliphatic carbocycles. The molecule has 7 heteroatoms. The lowest BCUT2D eigenvalue weighted by Gasteiger charge is -2.42. The lowest BCUT2D eigenvalue weighted by atomic mass is 9.67. The second-order valence-corrected chi connectivity index (χ2v) is 13.3. The van der Waals surface area contributed by atoms with Gasteiger partial charge in [0.2, 0.25) is 0 Å². The maximum atomic E-state index is 12.9. The number of rotatable bonds is 14. The molecule has 214 valence electrons. The number of ether oxygens (including phenoxy) is 2. The van der Waals surface area contributed by atoms with Crippen molar-refractivity contribution in [3.8, 4) is 16.2 Å². The Morgan fingerprint density at radius 3 is 2.31 bits per heavy atom. The van der Waals surface area contributed by atoms with Gasteiger partial charge in [-0.25, -0.2) is 0 Å². The molecule has 5 N–H and O–H groups in total. The average molecular weight is 555 g/mol. The van der Waals surface area contributed by atoms with Gasteiger partial charge in [0.15, 0.2) is 0 Å². The zero-order valence-corrected chi connectivity index (χ0v) is 25.2. The fraction of sp³-hybridized carbons (Fsp3) is 0.531. The molecule has 1 aromatic heterocycles. The van der Waals surface area contributed by atoms with Crippen LogP contribution in [0.1, 0.15) is 72.8 Å². The molecule has 3 aromatic rings. The summed E-state index contributed by atoms with van der Waals surface area (Å²) in [5, 5.41) is 11.6. The summed E-state index contributed by atoms with van der Waals surface area (Å²) in [6.45, 7) is 11.9. The number of aliphatic hydroxyl groups is 1. The molecule has 0 aliphatic heterocycles. The summed E-state index contributed by atoms with van der Waals surface area (Å²) >= 11 is 1.74. The highest BCUT2D eigenvalue weighted by Crippen LogP contribution is 2.38. The van der Waals surface area contributed by atoms with Gasteiger partial charge < -0.3 is 26.0 Å². The number of carbonyl (C=O) groups excluding carboxylic acids is 1. The second kappa shape index (κ2) is 12.8. The molecule has 2 atom stereocenters. The quantitative estimate of drug-likeness (QED) is 0.156. The minimum Gasteiger partial charge on any atom is -0.491 e. The third kappa shape index (κ3) is 8.52. The summed E-state index contributed by atoms with van der Waals surface area (Å²) in [5.74, 6) is 0.416. The van der Waals surface area contributed by atoms with E-state index in [4.69, 9.17) is 20.9 Å². The molecule has 3 rings (SSSR count). The highest BCUT2D eigenvalue weighted by Gasteiger charge is 2.48. The van der Waals surface area contributed by atoms with Gasteiger partial charge >= 0.3 is 5.97 Å². The monoisotopic (exact) mass is 554 g/mol. The molecule has 0 spiro atoms. The van der Waals surface area contributed by atoms with Gasteiger partial charge in [-0.05, 0) is 108 Å². The van der Waals surface area contributed by atoms with E-state index in [0.717, 1.165) is 16.9 Å². The number of unbranched alkanes of at least 4 members (excludes halogenated alkanes) is 1. The molecule has 0 saturated heterocycles. The Morgan fingerprint density at radius 1 is 1.00 bits per heavy atom. The third-order valence-electron chi connectivity index (χ3n) is 7.43. The Balaban J connectivity index is 1.44. The smallest absolute Gasteiger partial charge is 0.313 e. The first-order valence-corrected chi connectivity index (χ1v) is 14.7. The minimum atomic E-state index is -0.900. The van der Waals surface area contributed by atoms with Crippen LogP contribution in [0.4, 0.5) is 0 Å². The second-order valence-electron chi connectivity index (χ2n) is 12.2. The van der Waals surface area contributed by atoms with E-state index in [9.17, 15) is 9.90 Å². The highest BCUT2D eigenvalue weighted by molar-refractivity contribution is 7.22. The number of carbonyl (C=O) groups is 1. The van der Waals surface area contributed by atoms with Crippen molar-refractivity contribution >= 4 is 27.4 Å². The first-order chi connectivity index (χ1) is 18.2. The third-order valence-corrected chi connectivity index (χ3v) is 8.57. The van der Waals surface area contributed by atoms with Gasteiger partial charge in [0.1, 0.15) is 12.4 Å². The van der Waals surface area contributed by atoms with Gasteiger partial charge in [-0.15, -0.1) is 11.3 Å². The van der Waals surface area contributed by atoms with E-state index < -0.39 is 22.6 Å². The Kier molecular flexibility index (Phi) is 10.2. The van der Waals surface area contributed by atoms with Crippen LogP contribution < -0.4 is 16.2 Å². The Bertz CT molecular complexity index is 1220. The first-order valence-electron chi connectivity index (χ1n) is 13.9. The Labute approximate surface area is 237 Å². The zero-order chi connectivity index (χ0) is 28.8. The lowest BCUT2D eigenvalue weighted by Crippen LogP contribution is -2.58. The summed E-state index contributed by atoms with van der Waals surface area (Å²) in [6.07, 6.45) is 2.79. The van der Waals surface area contributed by atoms with Gasteiger partial charge in [0.25, 0.3) is 0 Å². The molecule has 39 heavy (non-hydrogen) atoms. The molecular formula is C32H46N2O4S. The molecule has 0 aliphatic rings. The van der Waals surface area contributed by atoms with Crippen LogP contribution in [0.15, 0.2) is 48.5 Å². The number of benzene rings is 2. The van der Waals surface area contributed by atoms with Crippen molar-refractivity contribution in [3.05, 3.63) is 54.1 Å². The minimum absolute atomic E-state index is 0.215. The van der Waals surface area contributed by atoms with Crippen molar-refractivity contribution in [1.82, 2.24) is 0 Å². The largest absolute Gasteiger partial charge is 0.491 e. The Hall–Kier alpha value is -2.45. The normalized spacial score (nSPS) is 14.7. The van der Waals surface area contributed by atoms with Crippen molar-refractivity contribution in [3.63, 3.8) is 0 Å². The Morgan fingerprint density at radius 2 is 1.69 bits per heavy atom. The maximum Gasteiger partial charge on any atom is 0.313 e. The summed E-state index contributed by atoms with van der Waals surface area (Å²) in [5.41, 5.74) is 12.9. The average Bonchev–Trinajstić information content (AvgIpc) is 3.29. The number of nitrogens with two attached hydrogens (primary N) is 2. The molecule has 0 fully saturated rings. The van der Waals surface area contributed by atoms with Crippen LogP contribution >= 0.6 is 11.3 Å². The van der Waals surface area contributed by atoms with E-state index in [1.54, 1.807) is 11.3 Å². The van der Waals surface area contributed by atoms with Crippen LogP contribution in [0.3, 0.4) is 0 Å². The molecular weight excluding hydrogens is 508 g/mol. The molecule has 0 radical (unpaired) electrons. The van der Waals surface area contributed by atoms with E-state index in [1.807, 2.05) is 46.8 Å². The van der Waals surface area contributed by atoms with E-state index >= 15 is 0 Å². The van der Waals surface area contributed by atoms with E-state index in [1.165, 1.54) is 21.4 Å². The molecule has 0 amide bonds. The van der Waals surface area contributed by atoms with Crippen LogP contribution in [0.2, 0.25) is 0 Å². The maximum absolute atomic E-state index is 12.9. The summed E-state index contributed by atoms with van der Waals surface area (Å²) in [4.78, 5) is 14.2. The zero-order valence-electron chi connectivity index (χ0n) is 24.4. The fourth-order valence-electron chi connectivity index (χ4n) is 4.70. The van der Waals surface area contributed by atoms with Crippen LogP contribution in [0.25, 0.3) is 20.5 Å². The number of aliphatic hydroxyl groups excluding tert-OH is 1. The van der Waals surface area contributed by atoms with Gasteiger partial charge in [-0.1, -0.05) is 31.2 Å². The number of hydrogen-bond donors (Lipinski definition) is 3. The standard InChI is InChI=1S/C32H46N2O4S/c1-7-22-11-13-23(14-12-22)27-18-24-15-16-26(19-28(24)39-27)38-20-25(35)10-8-9-17-37-29(36)32(6,31(4,5)34)21-30(2,3)33/h11-16,18-19,25,35H,7-10,17,20-21,33-34H2,1-6H3. The predicted molar refractivity (Wildman–Crippen MR) is 162 cm³/mol. The van der Waals surface area contributed by atoms with E-state index in [0.29, 0.717) is 25.7 Å². The molecule has 0 saturated carbocycles. The molecule has 2 unspecified atom stereocenters. The van der Waals surface area contributed by atoms with E-state index in [-0.39, 0.29) is 19.2 Å². The van der Waals surface area contributed by atoms with Crippen molar-refractivity contribution < 1.29 is 19.4 Å². The van der Waals surface area contributed by atoms with Crippen LogP contribution in [0.5, 0.6) is 5.75 Å². The van der Waals surface area contributed by atoms with Crippen LogP contribution in [-0.2, 0) is 16.0 Å². The number of hydrogen-bond acceptors (Lipinski definition) is 7. The number of esters is 1. The fourth-order valence-corrected chi connectivity index (χ4v) is 5.80. The highest BCUT2D eigenvalue weighted by atomic mass is 32.1. The van der Waals surface area contributed by atoms with Crippen LogP contribution in [0, 0.1) is 5.41 Å². The van der Waals surface area contributed by atoms with Crippen molar-refractivity contribution in [2.24, 2.45) is 16.9 Å². The first kappa shape index (κ1) is 31.1. The SMILES string of the molecule is CCc1ccc(-c2cc3ccc(OCC(O)CCCCOC(=O)C(C)(CC(C)(C)N)C(C)(C)N)cc3s2)cc1. The summed E-state index contributed by atoms with van der Waals surface area (Å²) in [6, 6.07) is 17.0. The number of thiophene rings is 1. The molecule has 6 nitrogen and oxygen atoms in total. The van der Waals surface area contributed by atoms with Gasteiger partial charge in [0.05, 0.1) is 18.1 Å². The molecule has 1 heterocycles. The van der Waals surface area contributed by atoms with Crippen molar-refractivity contribution in [2.75, 3.05) is 13.2 Å². The van der Waals surface area contributed by atoms with Gasteiger partial charge in [0, 0.05) is 20.7 Å². The number of fused-ring (bicyclic) bond motifs is 1. The lowest BCUT2D eigenvalue weighted by molar-refractivity contribution is -0.160. The molecule has 0 bridgehead atoms. The van der Waals surface area contributed by atoms with Gasteiger partial charge in [-0.3, -0.25) is 4.79 Å². The van der Waals surface area contributed by atoms with Crippen LogP contribution in [-0.4, -0.2) is 41.5 Å². The predicted octanol–water partition coefficient (Wildman–Crippen LogP) is 6.45. The topological polar surface area (TPSA) is 108 Å².